The summed E-state index contributed by atoms with van der Waals surface area (Å²) >= 11 is 3.68. The van der Waals surface area contributed by atoms with E-state index in [1.807, 2.05) is 35.7 Å². The quantitative estimate of drug-likeness (QED) is 0.653. The summed E-state index contributed by atoms with van der Waals surface area (Å²) in [7, 11) is 3.12. The summed E-state index contributed by atoms with van der Waals surface area (Å²) in [5.41, 5.74) is 0.548. The van der Waals surface area contributed by atoms with Gasteiger partial charge < -0.3 is 28.8 Å². The second kappa shape index (κ2) is 7.65. The Balaban J connectivity index is 1.64. The highest BCUT2D eigenvalue weighted by Crippen LogP contribution is 2.67. The Morgan fingerprint density at radius 2 is 1.67 bits per heavy atom. The van der Waals surface area contributed by atoms with Crippen molar-refractivity contribution in [2.24, 2.45) is 11.8 Å². The van der Waals surface area contributed by atoms with Gasteiger partial charge in [0.2, 0.25) is 6.79 Å². The Bertz CT molecular complexity index is 1130. The number of methoxy groups -OCH3 is 2. The van der Waals surface area contributed by atoms with Crippen molar-refractivity contribution in [1.29, 1.82) is 0 Å². The van der Waals surface area contributed by atoms with Crippen LogP contribution in [0, 0.1) is 11.8 Å². The zero-order chi connectivity index (χ0) is 22.8. The number of thioether (sulfide) groups is 2. The van der Waals surface area contributed by atoms with Gasteiger partial charge in [-0.3, -0.25) is 4.79 Å². The Morgan fingerprint density at radius 1 is 0.970 bits per heavy atom. The summed E-state index contributed by atoms with van der Waals surface area (Å²) in [6.45, 7) is 0.405. The predicted molar refractivity (Wildman–Crippen MR) is 124 cm³/mol. The minimum atomic E-state index is -1.63. The van der Waals surface area contributed by atoms with Gasteiger partial charge in [0.1, 0.15) is 11.5 Å². The Kier molecular flexibility index (Phi) is 4.94. The van der Waals surface area contributed by atoms with E-state index in [0.717, 1.165) is 23.5 Å². The number of benzene rings is 2. The average Bonchev–Trinajstić information content (AvgIpc) is 3.48. The molecule has 2 aromatic carbocycles. The van der Waals surface area contributed by atoms with E-state index >= 15 is 0 Å². The molecule has 3 aliphatic heterocycles. The van der Waals surface area contributed by atoms with Gasteiger partial charge in [-0.1, -0.05) is 6.07 Å². The fraction of sp³-hybridized carbons (Fsp3) is 0.458. The van der Waals surface area contributed by atoms with Gasteiger partial charge in [0, 0.05) is 5.92 Å². The molecule has 3 heterocycles. The second-order valence-corrected chi connectivity index (χ2v) is 11.5. The maximum Gasteiger partial charge on any atom is 0.313 e. The zero-order valence-corrected chi connectivity index (χ0v) is 19.9. The van der Waals surface area contributed by atoms with Crippen LogP contribution in [0.1, 0.15) is 23.1 Å². The van der Waals surface area contributed by atoms with E-state index in [0.29, 0.717) is 34.1 Å². The maximum absolute atomic E-state index is 13.2. The van der Waals surface area contributed by atoms with Crippen LogP contribution in [-0.2, 0) is 19.2 Å². The molecule has 0 unspecified atom stereocenters. The lowest BCUT2D eigenvalue weighted by molar-refractivity contribution is -0.148. The van der Waals surface area contributed by atoms with Crippen molar-refractivity contribution in [3.8, 4) is 23.0 Å². The minimum Gasteiger partial charge on any atom is -0.493 e. The van der Waals surface area contributed by atoms with Crippen LogP contribution in [0.4, 0.5) is 0 Å². The molecule has 174 valence electrons. The van der Waals surface area contributed by atoms with Crippen LogP contribution in [0.5, 0.6) is 23.0 Å². The smallest absolute Gasteiger partial charge is 0.313 e. The number of rotatable bonds is 3. The molecule has 7 nitrogen and oxygen atoms in total. The first-order chi connectivity index (χ1) is 16.0. The molecule has 1 spiro atoms. The molecule has 2 saturated heterocycles. The van der Waals surface area contributed by atoms with Gasteiger partial charge in [0.15, 0.2) is 23.0 Å². The van der Waals surface area contributed by atoms with Gasteiger partial charge in [0.05, 0.1) is 24.9 Å². The monoisotopic (exact) mass is 488 g/mol. The third kappa shape index (κ3) is 2.85. The Hall–Kier alpha value is -2.23. The van der Waals surface area contributed by atoms with Crippen molar-refractivity contribution < 1.29 is 33.6 Å². The van der Waals surface area contributed by atoms with Crippen molar-refractivity contribution in [1.82, 2.24) is 0 Å². The van der Waals surface area contributed by atoms with Crippen molar-refractivity contribution in [2.45, 2.75) is 16.1 Å². The third-order valence-electron chi connectivity index (χ3n) is 7.04. The average molecular weight is 489 g/mol. The number of fused-ring (bicyclic) bond motifs is 5. The third-order valence-corrected chi connectivity index (χ3v) is 10.6. The highest BCUT2D eigenvalue weighted by molar-refractivity contribution is 8.18. The minimum absolute atomic E-state index is 0.134. The molecule has 0 aromatic heterocycles. The molecule has 3 atom stereocenters. The fourth-order valence-corrected chi connectivity index (χ4v) is 9.24. The predicted octanol–water partition coefficient (Wildman–Crippen LogP) is 3.49. The van der Waals surface area contributed by atoms with Gasteiger partial charge in [0.25, 0.3) is 0 Å². The van der Waals surface area contributed by atoms with Gasteiger partial charge in [-0.05, 0) is 58.9 Å². The zero-order valence-electron chi connectivity index (χ0n) is 18.3. The van der Waals surface area contributed by atoms with Gasteiger partial charge in [-0.2, -0.15) is 0 Å². The topological polar surface area (TPSA) is 83.5 Å². The SMILES string of the molecule is COc1ccc([C@]2(O)c3cc4c(cc3C3(SCCCS3)[C@@H]3COC(=O)[C@@H]32)OCO4)cc1OC. The Labute approximate surface area is 200 Å². The van der Waals surface area contributed by atoms with Crippen LogP contribution >= 0.6 is 23.5 Å². The molecule has 2 fully saturated rings. The molecule has 0 radical (unpaired) electrons. The molecule has 0 amide bonds. The van der Waals surface area contributed by atoms with E-state index in [4.69, 9.17) is 23.7 Å². The van der Waals surface area contributed by atoms with Crippen molar-refractivity contribution >= 4 is 29.5 Å². The summed E-state index contributed by atoms with van der Waals surface area (Å²) in [4.78, 5) is 13.2. The van der Waals surface area contributed by atoms with Gasteiger partial charge in [-0.15, -0.1) is 23.5 Å². The normalized spacial score (nSPS) is 28.8. The highest BCUT2D eigenvalue weighted by atomic mass is 32.2. The molecular weight excluding hydrogens is 464 g/mol. The largest absolute Gasteiger partial charge is 0.493 e. The van der Waals surface area contributed by atoms with E-state index < -0.39 is 15.6 Å². The molecular formula is C24H24O7S2. The van der Waals surface area contributed by atoms with Gasteiger partial charge >= 0.3 is 5.97 Å². The second-order valence-electron chi connectivity index (χ2n) is 8.52. The molecule has 1 N–H and O–H groups in total. The van der Waals surface area contributed by atoms with E-state index in [1.54, 1.807) is 32.4 Å². The van der Waals surface area contributed by atoms with Crippen LogP contribution in [-0.4, -0.2) is 50.2 Å². The van der Waals surface area contributed by atoms with E-state index in [2.05, 4.69) is 0 Å². The number of ether oxygens (including phenoxy) is 5. The maximum atomic E-state index is 13.2. The van der Waals surface area contributed by atoms with Crippen LogP contribution in [0.3, 0.4) is 0 Å². The molecule has 33 heavy (non-hydrogen) atoms. The molecule has 0 saturated carbocycles. The lowest BCUT2D eigenvalue weighted by Gasteiger charge is -2.52. The molecule has 2 aromatic rings. The first-order valence-electron chi connectivity index (χ1n) is 10.9. The van der Waals surface area contributed by atoms with Crippen molar-refractivity contribution in [2.75, 3.05) is 39.1 Å². The number of hydrogen-bond donors (Lipinski definition) is 1. The lowest BCUT2D eigenvalue weighted by Crippen LogP contribution is -2.53. The van der Waals surface area contributed by atoms with E-state index in [1.165, 1.54) is 0 Å². The number of aliphatic hydroxyl groups is 1. The first-order valence-corrected chi connectivity index (χ1v) is 12.8. The standard InChI is InChI=1S/C24H24O7S2/c1-27-17-5-4-13(8-18(17)28-2)23(26)14-9-19-20(31-12-30-19)10-15(14)24(32-6-3-7-33-24)16-11-29-22(25)21(16)23/h4-5,8-10,16,21,26H,3,6-7,11-12H2,1-2H3/t16-,21-,23+/m1/s1. The summed E-state index contributed by atoms with van der Waals surface area (Å²) in [5, 5.41) is 12.6. The van der Waals surface area contributed by atoms with E-state index in [9.17, 15) is 9.90 Å². The number of carbonyl (C=O) groups excluding carboxylic acids is 1. The van der Waals surface area contributed by atoms with E-state index in [-0.39, 0.29) is 25.3 Å². The van der Waals surface area contributed by atoms with Crippen LogP contribution in [0.25, 0.3) is 0 Å². The van der Waals surface area contributed by atoms with Gasteiger partial charge in [-0.25, -0.2) is 0 Å². The number of esters is 1. The van der Waals surface area contributed by atoms with Crippen molar-refractivity contribution in [3.63, 3.8) is 0 Å². The van der Waals surface area contributed by atoms with Crippen molar-refractivity contribution in [3.05, 3.63) is 47.0 Å². The Morgan fingerprint density at radius 3 is 2.36 bits per heavy atom. The summed E-state index contributed by atoms with van der Waals surface area (Å²) in [6, 6.07) is 9.12. The lowest BCUT2D eigenvalue weighted by atomic mass is 9.63. The first kappa shape index (κ1) is 21.3. The molecule has 0 bridgehead atoms. The summed E-state index contributed by atoms with van der Waals surface area (Å²) in [5.74, 6) is 2.87. The highest BCUT2D eigenvalue weighted by Gasteiger charge is 2.66. The summed E-state index contributed by atoms with van der Waals surface area (Å²) in [6.07, 6.45) is 1.10. The molecule has 1 aliphatic carbocycles. The number of cyclic esters (lactones) is 1. The molecule has 4 aliphatic rings. The molecule has 9 heteroatoms. The molecule has 6 rings (SSSR count). The van der Waals surface area contributed by atoms with Crippen LogP contribution in [0.2, 0.25) is 0 Å². The summed E-state index contributed by atoms with van der Waals surface area (Å²) < 4.78 is 27.5. The number of hydrogen-bond acceptors (Lipinski definition) is 9. The van der Waals surface area contributed by atoms with Crippen LogP contribution in [0.15, 0.2) is 30.3 Å². The fourth-order valence-electron chi connectivity index (χ4n) is 5.55. The van der Waals surface area contributed by atoms with Crippen LogP contribution < -0.4 is 18.9 Å². The number of carbonyl (C=O) groups is 1.